The number of likely N-dealkylation sites (N-methyl/N-ethyl adjacent to an activating group) is 1. The average molecular weight is 758 g/mol. The van der Waals surface area contributed by atoms with Crippen molar-refractivity contribution in [2.45, 2.75) is 158 Å². The number of nitrogens with zero attached hydrogens (tertiary/aromatic N) is 1. The Morgan fingerprint density at radius 2 is 1.72 bits per heavy atom. The van der Waals surface area contributed by atoms with E-state index < -0.39 is 84.9 Å². The first-order valence-electron chi connectivity index (χ1n) is 19.3. The van der Waals surface area contributed by atoms with Crippen molar-refractivity contribution in [2.75, 3.05) is 26.8 Å². The molecule has 6 fully saturated rings. The predicted octanol–water partition coefficient (Wildman–Crippen LogP) is 3.15. The van der Waals surface area contributed by atoms with Crippen molar-refractivity contribution in [1.82, 2.24) is 4.90 Å². The predicted molar refractivity (Wildman–Crippen MR) is 183 cm³/mol. The van der Waals surface area contributed by atoms with E-state index in [4.69, 9.17) is 56.8 Å². The third-order valence-electron chi connectivity index (χ3n) is 12.9. The molecule has 2 bridgehead atoms. The molecule has 2 aliphatic carbocycles. The molecule has 0 radical (unpaired) electrons. The summed E-state index contributed by atoms with van der Waals surface area (Å²) in [6.07, 6.45) is -2.76. The molecule has 1 N–H and O–H groups in total. The van der Waals surface area contributed by atoms with Gasteiger partial charge >= 0.3 is 6.16 Å². The Labute approximate surface area is 314 Å². The Morgan fingerprint density at radius 3 is 2.50 bits per heavy atom. The van der Waals surface area contributed by atoms with Crippen LogP contribution in [0.15, 0.2) is 24.0 Å². The van der Waals surface area contributed by atoms with Crippen LogP contribution in [0.3, 0.4) is 0 Å². The molecular weight excluding hydrogens is 706 g/mol. The molecule has 5 unspecified atom stereocenters. The zero-order chi connectivity index (χ0) is 37.5. The Balaban J connectivity index is 0.859. The molecule has 1 aromatic carbocycles. The van der Waals surface area contributed by atoms with E-state index in [-0.39, 0.29) is 24.5 Å². The van der Waals surface area contributed by atoms with E-state index in [1.165, 1.54) is 11.1 Å². The lowest BCUT2D eigenvalue weighted by atomic mass is 9.53. The fourth-order valence-corrected chi connectivity index (χ4v) is 10.8. The van der Waals surface area contributed by atoms with E-state index in [2.05, 4.69) is 18.0 Å². The van der Waals surface area contributed by atoms with Gasteiger partial charge in [0, 0.05) is 22.6 Å². The number of likely N-dealkylation sites (tertiary alicyclic amines) is 1. The summed E-state index contributed by atoms with van der Waals surface area (Å²) in [5.41, 5.74) is 2.79. The van der Waals surface area contributed by atoms with Crippen LogP contribution in [0.5, 0.6) is 5.75 Å². The van der Waals surface area contributed by atoms with Crippen LogP contribution in [0.2, 0.25) is 0 Å². The maximum atomic E-state index is 13.6. The van der Waals surface area contributed by atoms with Crippen molar-refractivity contribution in [3.63, 3.8) is 0 Å². The van der Waals surface area contributed by atoms with Crippen LogP contribution in [-0.4, -0.2) is 128 Å². The van der Waals surface area contributed by atoms with Gasteiger partial charge in [-0.15, -0.1) is 0 Å². The number of carbonyl (C=O) groups is 1. The molecule has 296 valence electrons. The SMILES string of the molecule is CN1CC[C@]23c4c5ccc(CO)c4OC2C(OC(=O)OC[C@H]2OC4OC(C)(C)O[C@@H]4[C@H]2OC2O[C@H](C4COC(C)(C)O4)[C@@H]4OC(C)(C)O[C@H]24)=CCC3[C@H]1C5. The minimum absolute atomic E-state index is 0.135. The van der Waals surface area contributed by atoms with Gasteiger partial charge in [-0.05, 0) is 92.0 Å². The van der Waals surface area contributed by atoms with Crippen LogP contribution in [0, 0.1) is 5.92 Å². The zero-order valence-corrected chi connectivity index (χ0v) is 31.8. The van der Waals surface area contributed by atoms with Crippen LogP contribution in [0.25, 0.3) is 0 Å². The van der Waals surface area contributed by atoms with E-state index in [1.54, 1.807) is 13.8 Å². The monoisotopic (exact) mass is 757 g/mol. The van der Waals surface area contributed by atoms with Crippen molar-refractivity contribution in [2.24, 2.45) is 5.92 Å². The van der Waals surface area contributed by atoms with E-state index >= 15 is 0 Å². The highest BCUT2D eigenvalue weighted by molar-refractivity contribution is 5.64. The number of aliphatic hydroxyl groups is 1. The van der Waals surface area contributed by atoms with E-state index in [0.29, 0.717) is 18.4 Å². The average Bonchev–Trinajstić information content (AvgIpc) is 3.93. The largest absolute Gasteiger partial charge is 0.513 e. The molecule has 1 aromatic rings. The number of hydrogen-bond acceptors (Lipinski definition) is 15. The maximum Gasteiger partial charge on any atom is 0.513 e. The quantitative estimate of drug-likeness (QED) is 0.406. The second-order valence-electron chi connectivity index (χ2n) is 17.5. The molecule has 7 heterocycles. The van der Waals surface area contributed by atoms with Crippen LogP contribution in [0.1, 0.15) is 71.1 Å². The molecule has 13 atom stereocenters. The van der Waals surface area contributed by atoms with Gasteiger partial charge in [0.25, 0.3) is 0 Å². The Bertz CT molecular complexity index is 1730. The fourth-order valence-electron chi connectivity index (χ4n) is 10.8. The van der Waals surface area contributed by atoms with Crippen molar-refractivity contribution in [3.8, 4) is 5.75 Å². The topological polar surface area (TPSA) is 151 Å². The lowest BCUT2D eigenvalue weighted by Gasteiger charge is -2.56. The number of carbonyl (C=O) groups excluding carboxylic acids is 1. The van der Waals surface area contributed by atoms with Crippen LogP contribution in [-0.2, 0) is 70.5 Å². The highest BCUT2D eigenvalue weighted by atomic mass is 16.9. The highest BCUT2D eigenvalue weighted by Crippen LogP contribution is 2.63. The first-order valence-corrected chi connectivity index (χ1v) is 19.3. The minimum Gasteiger partial charge on any atom is -0.481 e. The summed E-state index contributed by atoms with van der Waals surface area (Å²) in [5, 5.41) is 10.2. The molecule has 9 aliphatic rings. The molecule has 15 nitrogen and oxygen atoms in total. The number of rotatable bonds is 7. The third-order valence-corrected chi connectivity index (χ3v) is 12.9. The Kier molecular flexibility index (Phi) is 8.19. The molecule has 54 heavy (non-hydrogen) atoms. The van der Waals surface area contributed by atoms with Gasteiger partial charge < -0.3 is 66.8 Å². The molecule has 6 saturated heterocycles. The zero-order valence-electron chi connectivity index (χ0n) is 31.8. The standard InChI is InChI=1S/C39H51NO14/c1-36(2)44-17-24(50-36)28-29-31(53-37(3,4)51-29)33(49-28)48-27-23(45-34-30(27)52-38(5,6)54-34)16-43-35(42)46-22-11-10-20-21-14-18-8-9-19(15-41)26-25(18)39(20,32(22)47-26)12-13-40(21)7/h8-9,11,20-21,23-24,27-34,41H,10,12-17H2,1-7H3/t20?,21-,23-,24?,27+,28-,29+,30-,31+,32?,33?,34?,39+/m1/s1. The number of piperidine rings is 1. The Morgan fingerprint density at radius 1 is 0.944 bits per heavy atom. The molecular formula is C39H51NO14. The van der Waals surface area contributed by atoms with Gasteiger partial charge in [-0.1, -0.05) is 12.1 Å². The van der Waals surface area contributed by atoms with Crippen LogP contribution in [0.4, 0.5) is 4.79 Å². The van der Waals surface area contributed by atoms with Crippen molar-refractivity contribution in [3.05, 3.63) is 40.7 Å². The van der Waals surface area contributed by atoms with Gasteiger partial charge in [-0.2, -0.15) is 0 Å². The number of benzene rings is 1. The molecule has 7 aliphatic heterocycles. The summed E-state index contributed by atoms with van der Waals surface area (Å²) in [7, 11) is 2.18. The summed E-state index contributed by atoms with van der Waals surface area (Å²) < 4.78 is 74.9. The molecule has 0 saturated carbocycles. The summed E-state index contributed by atoms with van der Waals surface area (Å²) in [6.45, 7) is 11.9. The number of hydrogen-bond donors (Lipinski definition) is 1. The smallest absolute Gasteiger partial charge is 0.481 e. The Hall–Kier alpha value is -2.41. The highest BCUT2D eigenvalue weighted by Gasteiger charge is 2.66. The lowest BCUT2D eigenvalue weighted by molar-refractivity contribution is -0.276. The molecule has 15 heteroatoms. The summed E-state index contributed by atoms with van der Waals surface area (Å²) in [5.74, 6) is -1.13. The van der Waals surface area contributed by atoms with Crippen molar-refractivity contribution < 1.29 is 66.7 Å². The summed E-state index contributed by atoms with van der Waals surface area (Å²) in [6, 6.07) is 4.41. The van der Waals surface area contributed by atoms with Crippen LogP contribution >= 0.6 is 0 Å². The maximum absolute atomic E-state index is 13.6. The van der Waals surface area contributed by atoms with Gasteiger partial charge in [-0.3, -0.25) is 0 Å². The van der Waals surface area contributed by atoms with E-state index in [9.17, 15) is 9.90 Å². The fraction of sp³-hybridized carbons (Fsp3) is 0.769. The van der Waals surface area contributed by atoms with Gasteiger partial charge in [0.15, 0.2) is 36.0 Å². The van der Waals surface area contributed by atoms with Gasteiger partial charge in [0.2, 0.25) is 0 Å². The number of allylic oxidation sites excluding steroid dienone is 1. The number of ether oxygens (including phenoxy) is 12. The number of fused-ring (bicyclic) bond motifs is 2. The lowest BCUT2D eigenvalue weighted by Crippen LogP contribution is -2.63. The van der Waals surface area contributed by atoms with E-state index in [0.717, 1.165) is 37.1 Å². The first kappa shape index (κ1) is 36.0. The minimum atomic E-state index is -0.926. The van der Waals surface area contributed by atoms with Gasteiger partial charge in [0.1, 0.15) is 60.8 Å². The second-order valence-corrected chi connectivity index (χ2v) is 17.5. The van der Waals surface area contributed by atoms with Gasteiger partial charge in [0.05, 0.1) is 13.2 Å². The van der Waals surface area contributed by atoms with Crippen LogP contribution < -0.4 is 4.74 Å². The van der Waals surface area contributed by atoms with E-state index in [1.807, 2.05) is 39.8 Å². The second kappa shape index (κ2) is 12.3. The molecule has 0 aromatic heterocycles. The third kappa shape index (κ3) is 5.52. The number of aliphatic hydroxyl groups excluding tert-OH is 1. The summed E-state index contributed by atoms with van der Waals surface area (Å²) >= 11 is 0. The van der Waals surface area contributed by atoms with Crippen molar-refractivity contribution in [1.29, 1.82) is 0 Å². The molecule has 1 spiro atoms. The summed E-state index contributed by atoms with van der Waals surface area (Å²) in [4.78, 5) is 16.0. The van der Waals surface area contributed by atoms with Crippen molar-refractivity contribution >= 4 is 6.16 Å². The van der Waals surface area contributed by atoms with Gasteiger partial charge in [-0.25, -0.2) is 4.79 Å². The normalized spacial score (nSPS) is 44.3. The molecule has 10 rings (SSSR count). The first-order chi connectivity index (χ1) is 25.7. The molecule has 0 amide bonds.